The zero-order chi connectivity index (χ0) is 11.9. The van der Waals surface area contributed by atoms with Gasteiger partial charge in [-0.2, -0.15) is 0 Å². The molecule has 2 heterocycles. The van der Waals surface area contributed by atoms with Crippen LogP contribution >= 0.6 is 11.3 Å². The van der Waals surface area contributed by atoms with Gasteiger partial charge in [-0.15, -0.1) is 11.3 Å². The number of carboxylic acid groups (broad SMARTS) is 1. The third kappa shape index (κ3) is 1.76. The standard InChI is InChI=1S/C10H11NO4S/c1-5-4-11(6(2)12)9-7(15-5)3-8(16-9)10(13)14/h3,5H,4H2,1-2H3,(H,13,14). The smallest absolute Gasteiger partial charge is 0.346 e. The minimum atomic E-state index is -1.00. The number of rotatable bonds is 1. The van der Waals surface area contributed by atoms with Gasteiger partial charge in [0, 0.05) is 13.0 Å². The van der Waals surface area contributed by atoms with Gasteiger partial charge in [0.2, 0.25) is 5.91 Å². The van der Waals surface area contributed by atoms with Crippen molar-refractivity contribution in [3.63, 3.8) is 0 Å². The molecule has 0 spiro atoms. The average molecular weight is 241 g/mol. The zero-order valence-electron chi connectivity index (χ0n) is 8.89. The van der Waals surface area contributed by atoms with Crippen LogP contribution in [-0.4, -0.2) is 29.6 Å². The molecule has 5 nitrogen and oxygen atoms in total. The molecule has 16 heavy (non-hydrogen) atoms. The van der Waals surface area contributed by atoms with Crippen molar-refractivity contribution in [3.8, 4) is 5.75 Å². The summed E-state index contributed by atoms with van der Waals surface area (Å²) in [6, 6.07) is 1.47. The van der Waals surface area contributed by atoms with Crippen LogP contribution in [0.5, 0.6) is 5.75 Å². The number of ether oxygens (including phenoxy) is 1. The molecule has 0 radical (unpaired) electrons. The highest BCUT2D eigenvalue weighted by molar-refractivity contribution is 7.18. The molecular weight excluding hydrogens is 230 g/mol. The molecule has 1 atom stereocenters. The molecule has 2 rings (SSSR count). The van der Waals surface area contributed by atoms with Gasteiger partial charge in [0.15, 0.2) is 5.75 Å². The molecule has 0 aliphatic carbocycles. The van der Waals surface area contributed by atoms with E-state index in [-0.39, 0.29) is 16.9 Å². The summed E-state index contributed by atoms with van der Waals surface area (Å²) >= 11 is 1.06. The Morgan fingerprint density at radius 1 is 1.62 bits per heavy atom. The van der Waals surface area contributed by atoms with Crippen LogP contribution in [0.25, 0.3) is 0 Å². The first kappa shape index (κ1) is 10.9. The number of nitrogens with zero attached hydrogens (tertiary/aromatic N) is 1. The van der Waals surface area contributed by atoms with Crippen molar-refractivity contribution in [2.45, 2.75) is 20.0 Å². The molecule has 0 aromatic carbocycles. The van der Waals surface area contributed by atoms with Crippen molar-refractivity contribution in [3.05, 3.63) is 10.9 Å². The first-order valence-corrected chi connectivity index (χ1v) is 5.62. The molecule has 0 saturated carbocycles. The molecule has 1 aromatic rings. The van der Waals surface area contributed by atoms with Crippen LogP contribution < -0.4 is 9.64 Å². The number of carbonyl (C=O) groups is 2. The van der Waals surface area contributed by atoms with Crippen molar-refractivity contribution in [1.82, 2.24) is 0 Å². The second-order valence-electron chi connectivity index (χ2n) is 3.64. The Hall–Kier alpha value is -1.56. The maximum absolute atomic E-state index is 11.4. The molecule has 86 valence electrons. The Kier molecular flexibility index (Phi) is 2.59. The first-order chi connectivity index (χ1) is 7.49. The highest BCUT2D eigenvalue weighted by atomic mass is 32.1. The predicted octanol–water partition coefficient (Wildman–Crippen LogP) is 1.58. The van der Waals surface area contributed by atoms with E-state index in [4.69, 9.17) is 9.84 Å². The van der Waals surface area contributed by atoms with E-state index in [2.05, 4.69) is 0 Å². The number of fused-ring (bicyclic) bond motifs is 1. The fourth-order valence-corrected chi connectivity index (χ4v) is 2.59. The van der Waals surface area contributed by atoms with Crippen LogP contribution in [-0.2, 0) is 4.79 Å². The van der Waals surface area contributed by atoms with Gasteiger partial charge >= 0.3 is 5.97 Å². The number of carboxylic acids is 1. The largest absolute Gasteiger partial charge is 0.486 e. The molecule has 1 aliphatic heterocycles. The van der Waals surface area contributed by atoms with Crippen molar-refractivity contribution >= 4 is 28.2 Å². The summed E-state index contributed by atoms with van der Waals surface area (Å²) in [6.07, 6.45) is -0.118. The maximum atomic E-state index is 11.4. The Labute approximate surface area is 96.2 Å². The van der Waals surface area contributed by atoms with Gasteiger partial charge in [0.1, 0.15) is 16.0 Å². The summed E-state index contributed by atoms with van der Waals surface area (Å²) in [7, 11) is 0. The quantitative estimate of drug-likeness (QED) is 0.810. The van der Waals surface area contributed by atoms with E-state index in [9.17, 15) is 9.59 Å². The maximum Gasteiger partial charge on any atom is 0.346 e. The minimum absolute atomic E-state index is 0.102. The van der Waals surface area contributed by atoms with Crippen LogP contribution in [0.1, 0.15) is 23.5 Å². The lowest BCUT2D eigenvalue weighted by atomic mass is 10.3. The van der Waals surface area contributed by atoms with Gasteiger partial charge in [-0.25, -0.2) is 4.79 Å². The number of aromatic carboxylic acids is 1. The molecule has 0 bridgehead atoms. The summed E-state index contributed by atoms with van der Waals surface area (Å²) in [4.78, 5) is 24.0. The van der Waals surface area contributed by atoms with Gasteiger partial charge in [-0.1, -0.05) is 0 Å². The molecule has 1 aliphatic rings. The van der Waals surface area contributed by atoms with Gasteiger partial charge in [0.25, 0.3) is 0 Å². The molecule has 6 heteroatoms. The summed E-state index contributed by atoms with van der Waals surface area (Å²) in [5.41, 5.74) is 0. The second kappa shape index (κ2) is 3.79. The Morgan fingerprint density at radius 3 is 2.88 bits per heavy atom. The molecule has 1 amide bonds. The van der Waals surface area contributed by atoms with Crippen LogP contribution in [0.2, 0.25) is 0 Å². The highest BCUT2D eigenvalue weighted by Gasteiger charge is 2.29. The molecule has 0 fully saturated rings. The van der Waals surface area contributed by atoms with Gasteiger partial charge in [-0.05, 0) is 6.92 Å². The number of anilines is 1. The van der Waals surface area contributed by atoms with E-state index >= 15 is 0 Å². The summed E-state index contributed by atoms with van der Waals surface area (Å²) in [6.45, 7) is 3.76. The third-order valence-corrected chi connectivity index (χ3v) is 3.41. The number of hydrogen-bond acceptors (Lipinski definition) is 4. The summed E-state index contributed by atoms with van der Waals surface area (Å²) < 4.78 is 5.50. The zero-order valence-corrected chi connectivity index (χ0v) is 9.71. The molecular formula is C10H11NO4S. The predicted molar refractivity (Wildman–Crippen MR) is 59.4 cm³/mol. The summed E-state index contributed by atoms with van der Waals surface area (Å²) in [5.74, 6) is -0.620. The van der Waals surface area contributed by atoms with Gasteiger partial charge in [-0.3, -0.25) is 9.69 Å². The van der Waals surface area contributed by atoms with Crippen LogP contribution in [0.3, 0.4) is 0 Å². The van der Waals surface area contributed by atoms with E-state index in [0.29, 0.717) is 17.3 Å². The van der Waals surface area contributed by atoms with E-state index in [1.807, 2.05) is 6.92 Å². The van der Waals surface area contributed by atoms with Crippen LogP contribution in [0.4, 0.5) is 5.00 Å². The lowest BCUT2D eigenvalue weighted by Crippen LogP contribution is -2.40. The third-order valence-electron chi connectivity index (χ3n) is 2.28. The van der Waals surface area contributed by atoms with Gasteiger partial charge < -0.3 is 9.84 Å². The Bertz CT molecular complexity index is 454. The fourth-order valence-electron chi connectivity index (χ4n) is 1.61. The van der Waals surface area contributed by atoms with Crippen molar-refractivity contribution in [2.75, 3.05) is 11.4 Å². The Morgan fingerprint density at radius 2 is 2.31 bits per heavy atom. The lowest BCUT2D eigenvalue weighted by molar-refractivity contribution is -0.117. The second-order valence-corrected chi connectivity index (χ2v) is 4.67. The fraction of sp³-hybridized carbons (Fsp3) is 0.400. The van der Waals surface area contributed by atoms with E-state index in [0.717, 1.165) is 11.3 Å². The molecule has 0 saturated heterocycles. The lowest BCUT2D eigenvalue weighted by Gasteiger charge is -2.30. The average Bonchev–Trinajstić information content (AvgIpc) is 2.59. The van der Waals surface area contributed by atoms with Crippen LogP contribution in [0.15, 0.2) is 6.07 Å². The highest BCUT2D eigenvalue weighted by Crippen LogP contribution is 2.41. The van der Waals surface area contributed by atoms with Crippen molar-refractivity contribution < 1.29 is 19.4 Å². The van der Waals surface area contributed by atoms with E-state index < -0.39 is 5.97 Å². The Balaban J connectivity index is 2.45. The van der Waals surface area contributed by atoms with Crippen molar-refractivity contribution in [2.24, 2.45) is 0 Å². The normalized spacial score (nSPS) is 18.9. The van der Waals surface area contributed by atoms with Crippen LogP contribution in [0, 0.1) is 0 Å². The molecule has 1 N–H and O–H groups in total. The van der Waals surface area contributed by atoms with Crippen molar-refractivity contribution in [1.29, 1.82) is 0 Å². The van der Waals surface area contributed by atoms with Gasteiger partial charge in [0.05, 0.1) is 6.54 Å². The molecule has 1 unspecified atom stereocenters. The number of thiophene rings is 1. The minimum Gasteiger partial charge on any atom is -0.486 e. The number of amides is 1. The SMILES string of the molecule is CC(=O)N1CC(C)Oc2cc(C(=O)O)sc21. The first-order valence-electron chi connectivity index (χ1n) is 4.81. The van der Waals surface area contributed by atoms with E-state index in [1.54, 1.807) is 4.90 Å². The molecule has 1 aromatic heterocycles. The number of hydrogen-bond donors (Lipinski definition) is 1. The summed E-state index contributed by atoms with van der Waals surface area (Å²) in [5, 5.41) is 9.46. The monoisotopic (exact) mass is 241 g/mol. The number of carbonyl (C=O) groups excluding carboxylic acids is 1. The topological polar surface area (TPSA) is 66.8 Å². The van der Waals surface area contributed by atoms with E-state index in [1.165, 1.54) is 13.0 Å².